The van der Waals surface area contributed by atoms with Crippen molar-refractivity contribution in [3.8, 4) is 45.8 Å². The lowest BCUT2D eigenvalue weighted by Gasteiger charge is -2.45. The normalized spacial score (nSPS) is 32.9. The summed E-state index contributed by atoms with van der Waals surface area (Å²) >= 11 is 0. The number of phenols is 4. The summed E-state index contributed by atoms with van der Waals surface area (Å²) in [5, 5.41) is 136. The van der Waals surface area contributed by atoms with Crippen LogP contribution < -0.4 is 14.9 Å². The topological polar surface area (TPSA) is 375 Å². The smallest absolute Gasteiger partial charge is 0.330 e. The van der Waals surface area contributed by atoms with Gasteiger partial charge in [0.2, 0.25) is 23.8 Å². The van der Waals surface area contributed by atoms with Gasteiger partial charge in [0.15, 0.2) is 29.7 Å². The van der Waals surface area contributed by atoms with Crippen LogP contribution in [0.15, 0.2) is 69.9 Å². The molecule has 23 heteroatoms. The van der Waals surface area contributed by atoms with Crippen molar-refractivity contribution in [2.24, 2.45) is 0 Å². The second-order valence-electron chi connectivity index (χ2n) is 15.4. The molecule has 0 spiro atoms. The summed E-state index contributed by atoms with van der Waals surface area (Å²) in [6.45, 7) is -0.273. The van der Waals surface area contributed by atoms with Gasteiger partial charge in [0.1, 0.15) is 95.9 Å². The van der Waals surface area contributed by atoms with Gasteiger partial charge in [-0.2, -0.15) is 0 Å². The van der Waals surface area contributed by atoms with E-state index in [1.54, 1.807) is 0 Å². The van der Waals surface area contributed by atoms with Gasteiger partial charge in [-0.1, -0.05) is 12.1 Å². The van der Waals surface area contributed by atoms with Crippen LogP contribution in [0.5, 0.6) is 34.5 Å². The number of hydrogen-bond donors (Lipinski definition) is 13. The first kappa shape index (κ1) is 47.3. The third kappa shape index (κ3) is 9.83. The minimum Gasteiger partial charge on any atom is -0.508 e. The van der Waals surface area contributed by atoms with Gasteiger partial charge in [-0.05, 0) is 48.9 Å². The highest BCUT2D eigenvalue weighted by Crippen LogP contribution is 2.41. The number of aliphatic hydroxyl groups is 9. The van der Waals surface area contributed by atoms with Crippen LogP contribution in [0.2, 0.25) is 0 Å². The second kappa shape index (κ2) is 19.4. The molecule has 6 unspecified atom stereocenters. The minimum atomic E-state index is -2.14. The average Bonchev–Trinajstić information content (AvgIpc) is 3.28. The molecule has 0 bridgehead atoms. The number of fused-ring (bicyclic) bond motifs is 1. The first-order valence-electron chi connectivity index (χ1n) is 19.9. The molecule has 0 radical (unpaired) electrons. The van der Waals surface area contributed by atoms with Crippen LogP contribution in [-0.2, 0) is 28.5 Å². The van der Waals surface area contributed by atoms with Crippen molar-refractivity contribution in [2.45, 2.75) is 99.0 Å². The number of hydrogen-bond acceptors (Lipinski definition) is 23. The standard InChI is InChI=1S/C42H46O23/c1-15-28(49)32(53)35(56)40(59-15)60-19-11-22(47)27-23(12-19)61-37(17-5-8-20(45)21(46)10-17)38(31(27)52)64-42-39(65-41-36(57)33(54)29(50)24(13-43)62-41)34(55)30(51)25(63-42)14-58-26(48)9-4-16-2-6-18(44)7-3-16/h2-12,15,24-25,28-30,32-36,39-47,49-51,53-57H,13-14H2,1H3/b9-4+/t15?,24?,25?,28-,29+,30+,32?,33-,34-,35-,36?,39?,40-,41-,42-/m0/s1. The molecule has 3 saturated heterocycles. The highest BCUT2D eigenvalue weighted by Gasteiger charge is 2.52. The molecule has 3 aromatic carbocycles. The second-order valence-corrected chi connectivity index (χ2v) is 15.4. The van der Waals surface area contributed by atoms with Gasteiger partial charge in [0, 0.05) is 23.8 Å². The molecule has 1 aromatic heterocycles. The minimum absolute atomic E-state index is 0.0191. The summed E-state index contributed by atoms with van der Waals surface area (Å²) in [6, 6.07) is 10.9. The van der Waals surface area contributed by atoms with Gasteiger partial charge in [0.05, 0.1) is 12.7 Å². The molecule has 0 amide bonds. The Morgan fingerprint density at radius 2 is 1.34 bits per heavy atom. The van der Waals surface area contributed by atoms with E-state index in [1.165, 1.54) is 43.3 Å². The fourth-order valence-electron chi connectivity index (χ4n) is 7.23. The predicted octanol–water partition coefficient (Wildman–Crippen LogP) is -2.24. The van der Waals surface area contributed by atoms with Gasteiger partial charge in [-0.25, -0.2) is 4.79 Å². The van der Waals surface area contributed by atoms with E-state index >= 15 is 0 Å². The van der Waals surface area contributed by atoms with Crippen molar-refractivity contribution in [2.75, 3.05) is 13.2 Å². The molecular weight excluding hydrogens is 872 g/mol. The maximum atomic E-state index is 14.5. The molecule has 15 atom stereocenters. The molecule has 65 heavy (non-hydrogen) atoms. The Labute approximate surface area is 365 Å². The Bertz CT molecular complexity index is 2400. The van der Waals surface area contributed by atoms with E-state index in [9.17, 15) is 76.0 Å². The number of benzene rings is 3. The SMILES string of the molecule is CC1O[C@@H](Oc2cc(O)c3c(=O)c(O[C@@H]4OC(COC(=O)/C=C/c5ccc(O)cc5)[C@@H](O)[C@H](O)C4O[C@@H]4OC(CO)[C@@H](O)[C@H](O)C4O)c(-c4ccc(O)c(O)c4)oc3c2)[C@@H](O)C(O)[C@H]1O. The van der Waals surface area contributed by atoms with Crippen LogP contribution in [0.4, 0.5) is 0 Å². The van der Waals surface area contributed by atoms with Gasteiger partial charge >= 0.3 is 5.97 Å². The summed E-state index contributed by atoms with van der Waals surface area (Å²) in [4.78, 5) is 27.3. The van der Waals surface area contributed by atoms with Crippen molar-refractivity contribution in [3.63, 3.8) is 0 Å². The van der Waals surface area contributed by atoms with Crippen molar-refractivity contribution >= 4 is 23.0 Å². The summed E-state index contributed by atoms with van der Waals surface area (Å²) in [5.41, 5.74) is -1.29. The molecule has 23 nitrogen and oxygen atoms in total. The number of aliphatic hydroxyl groups excluding tert-OH is 9. The zero-order valence-electron chi connectivity index (χ0n) is 33.8. The summed E-state index contributed by atoms with van der Waals surface area (Å²) in [5.74, 6) is -4.83. The molecule has 3 aliphatic rings. The quantitative estimate of drug-likeness (QED) is 0.0406. The largest absolute Gasteiger partial charge is 0.508 e. The van der Waals surface area contributed by atoms with Crippen molar-refractivity contribution in [3.05, 3.63) is 76.5 Å². The monoisotopic (exact) mass is 918 g/mol. The number of carbonyl (C=O) groups excluding carboxylic acids is 1. The number of rotatable bonds is 12. The van der Waals surface area contributed by atoms with Gasteiger partial charge in [0.25, 0.3) is 0 Å². The molecule has 7 rings (SSSR count). The number of carbonyl (C=O) groups is 1. The molecule has 0 saturated carbocycles. The van der Waals surface area contributed by atoms with Gasteiger partial charge in [-0.15, -0.1) is 0 Å². The van der Waals surface area contributed by atoms with E-state index in [4.69, 9.17) is 37.6 Å². The average molecular weight is 919 g/mol. The molecule has 13 N–H and O–H groups in total. The molecule has 3 fully saturated rings. The van der Waals surface area contributed by atoms with E-state index in [0.29, 0.717) is 5.56 Å². The molecule has 352 valence electrons. The van der Waals surface area contributed by atoms with Gasteiger partial charge in [-0.3, -0.25) is 4.79 Å². The number of phenolic OH excluding ortho intramolecular Hbond substituents is 4. The van der Waals surface area contributed by atoms with E-state index in [0.717, 1.165) is 30.3 Å². The number of ether oxygens (including phenoxy) is 7. The molecule has 4 aromatic rings. The molecule has 4 heterocycles. The molecule has 3 aliphatic heterocycles. The Balaban J connectivity index is 1.27. The lowest BCUT2D eigenvalue weighted by Crippen LogP contribution is -2.65. The fourth-order valence-corrected chi connectivity index (χ4v) is 7.23. The van der Waals surface area contributed by atoms with Crippen molar-refractivity contribution in [1.82, 2.24) is 0 Å². The zero-order chi connectivity index (χ0) is 47.0. The van der Waals surface area contributed by atoms with Crippen molar-refractivity contribution in [1.29, 1.82) is 0 Å². The third-order valence-electron chi connectivity index (χ3n) is 10.9. The van der Waals surface area contributed by atoms with E-state index in [1.807, 2.05) is 0 Å². The molecular formula is C42H46O23. The summed E-state index contributed by atoms with van der Waals surface area (Å²) < 4.78 is 45.7. The third-order valence-corrected chi connectivity index (χ3v) is 10.9. The zero-order valence-corrected chi connectivity index (χ0v) is 33.8. The number of aromatic hydroxyl groups is 4. The maximum absolute atomic E-state index is 14.5. The predicted molar refractivity (Wildman–Crippen MR) is 214 cm³/mol. The fraction of sp³-hybridized carbons (Fsp3) is 0.429. The van der Waals surface area contributed by atoms with E-state index < -0.39 is 156 Å². The Morgan fingerprint density at radius 3 is 2.03 bits per heavy atom. The van der Waals surface area contributed by atoms with Crippen LogP contribution >= 0.6 is 0 Å². The van der Waals surface area contributed by atoms with E-state index in [2.05, 4.69) is 0 Å². The lowest BCUT2D eigenvalue weighted by molar-refractivity contribution is -0.358. The highest BCUT2D eigenvalue weighted by molar-refractivity contribution is 5.89. The maximum Gasteiger partial charge on any atom is 0.330 e. The van der Waals surface area contributed by atoms with Crippen LogP contribution in [0.3, 0.4) is 0 Å². The van der Waals surface area contributed by atoms with Gasteiger partial charge < -0.3 is 104 Å². The van der Waals surface area contributed by atoms with Crippen LogP contribution in [-0.4, -0.2) is 178 Å². The van der Waals surface area contributed by atoms with Crippen molar-refractivity contribution < 1.29 is 109 Å². The van der Waals surface area contributed by atoms with E-state index in [-0.39, 0.29) is 17.1 Å². The van der Waals surface area contributed by atoms with Crippen LogP contribution in [0.1, 0.15) is 12.5 Å². The Hall–Kier alpha value is -5.64. The first-order valence-corrected chi connectivity index (χ1v) is 19.9. The Kier molecular flexibility index (Phi) is 14.2. The first-order chi connectivity index (χ1) is 30.9. The highest BCUT2D eigenvalue weighted by atomic mass is 16.8. The van der Waals surface area contributed by atoms with Crippen LogP contribution in [0, 0.1) is 0 Å². The van der Waals surface area contributed by atoms with Crippen LogP contribution in [0.25, 0.3) is 28.4 Å². The lowest BCUT2D eigenvalue weighted by atomic mass is 9.97. The summed E-state index contributed by atoms with van der Waals surface area (Å²) in [6.07, 6.45) is -24.6. The number of esters is 1. The molecule has 0 aliphatic carbocycles. The summed E-state index contributed by atoms with van der Waals surface area (Å²) in [7, 11) is 0. The Morgan fingerprint density at radius 1 is 0.677 bits per heavy atom.